The summed E-state index contributed by atoms with van der Waals surface area (Å²) in [5.74, 6) is -0.0856. The van der Waals surface area contributed by atoms with Gasteiger partial charge in [0.2, 0.25) is 5.91 Å². The summed E-state index contributed by atoms with van der Waals surface area (Å²) >= 11 is 1.62. The highest BCUT2D eigenvalue weighted by atomic mass is 32.2. The van der Waals surface area contributed by atoms with Crippen molar-refractivity contribution < 1.29 is 14.3 Å². The molecular weight excluding hydrogens is 396 g/mol. The zero-order valence-electron chi connectivity index (χ0n) is 18.9. The largest absolute Gasteiger partial charge is 0.460 e. The molecule has 5 nitrogen and oxygen atoms in total. The lowest BCUT2D eigenvalue weighted by Gasteiger charge is -2.30. The van der Waals surface area contributed by atoms with Crippen LogP contribution in [0.1, 0.15) is 59.4 Å². The van der Waals surface area contributed by atoms with Gasteiger partial charge in [-0.25, -0.2) is 0 Å². The predicted octanol–water partition coefficient (Wildman–Crippen LogP) is 5.10. The Labute approximate surface area is 185 Å². The Morgan fingerprint density at radius 1 is 1.20 bits per heavy atom. The molecule has 1 heterocycles. The van der Waals surface area contributed by atoms with Gasteiger partial charge in [-0.1, -0.05) is 68.3 Å². The van der Waals surface area contributed by atoms with Crippen LogP contribution in [-0.4, -0.2) is 34.2 Å². The van der Waals surface area contributed by atoms with Gasteiger partial charge >= 0.3 is 5.97 Å². The van der Waals surface area contributed by atoms with Crippen molar-refractivity contribution in [2.45, 2.75) is 59.5 Å². The second-order valence-corrected chi connectivity index (χ2v) is 10.3. The molecule has 1 saturated heterocycles. The summed E-state index contributed by atoms with van der Waals surface area (Å²) < 4.78 is 7.60. The average Bonchev–Trinajstić information content (AvgIpc) is 3.16. The number of allylic oxidation sites excluding steroid dienone is 1. The molecule has 2 rings (SSSR count). The minimum Gasteiger partial charge on any atom is -0.460 e. The summed E-state index contributed by atoms with van der Waals surface area (Å²) in [5.41, 5.74) is 3.49. The Hall–Kier alpha value is -1.79. The van der Waals surface area contributed by atoms with Crippen LogP contribution in [0.15, 0.2) is 36.4 Å². The minimum absolute atomic E-state index is 0.0953. The van der Waals surface area contributed by atoms with E-state index in [0.29, 0.717) is 12.8 Å². The third-order valence-electron chi connectivity index (χ3n) is 4.74. The first-order chi connectivity index (χ1) is 14.2. The smallest absolute Gasteiger partial charge is 0.310 e. The van der Waals surface area contributed by atoms with Crippen molar-refractivity contribution >= 4 is 29.9 Å². The van der Waals surface area contributed by atoms with E-state index >= 15 is 0 Å². The van der Waals surface area contributed by atoms with Gasteiger partial charge in [0.05, 0.1) is 11.8 Å². The molecule has 30 heavy (non-hydrogen) atoms. The number of hydrazine groups is 1. The van der Waals surface area contributed by atoms with Crippen LogP contribution < -0.4 is 5.43 Å². The number of rotatable bonds is 9. The molecule has 0 bridgehead atoms. The molecule has 0 aromatic heterocycles. The minimum atomic E-state index is -0.595. The van der Waals surface area contributed by atoms with E-state index in [2.05, 4.69) is 19.3 Å². The average molecular weight is 433 g/mol. The van der Waals surface area contributed by atoms with Gasteiger partial charge in [0.25, 0.3) is 0 Å². The number of esters is 1. The Morgan fingerprint density at radius 3 is 2.47 bits per heavy atom. The van der Waals surface area contributed by atoms with E-state index in [4.69, 9.17) is 4.74 Å². The van der Waals surface area contributed by atoms with Crippen molar-refractivity contribution in [2.75, 3.05) is 12.3 Å². The molecule has 1 aromatic carbocycles. The maximum Gasteiger partial charge on any atom is 0.310 e. The lowest BCUT2D eigenvalue weighted by molar-refractivity contribution is -0.164. The van der Waals surface area contributed by atoms with Gasteiger partial charge in [-0.15, -0.1) is 0 Å². The third-order valence-corrected chi connectivity index (χ3v) is 5.80. The van der Waals surface area contributed by atoms with Crippen molar-refractivity contribution in [2.24, 2.45) is 17.8 Å². The van der Waals surface area contributed by atoms with E-state index in [0.717, 1.165) is 24.3 Å². The fourth-order valence-corrected chi connectivity index (χ4v) is 4.31. The third kappa shape index (κ3) is 8.52. The molecular formula is C24H36N2O3S. The van der Waals surface area contributed by atoms with Crippen molar-refractivity contribution in [1.82, 2.24) is 9.84 Å². The Balaban J connectivity index is 2.21. The zero-order valence-corrected chi connectivity index (χ0v) is 19.7. The summed E-state index contributed by atoms with van der Waals surface area (Å²) in [5, 5.41) is 0. The monoisotopic (exact) mass is 432 g/mol. The van der Waals surface area contributed by atoms with Crippen LogP contribution in [-0.2, 0) is 14.3 Å². The number of nitrogens with one attached hydrogen (secondary N) is 1. The van der Waals surface area contributed by atoms with Crippen molar-refractivity contribution in [3.05, 3.63) is 42.0 Å². The molecule has 1 fully saturated rings. The second kappa shape index (κ2) is 11.6. The van der Waals surface area contributed by atoms with Gasteiger partial charge in [0.1, 0.15) is 5.60 Å². The number of carbonyl (C=O) groups excluding carboxylic acids is 2. The maximum atomic E-state index is 13.2. The molecule has 1 N–H and O–H groups in total. The Kier molecular flexibility index (Phi) is 9.43. The number of amides is 1. The number of nitrogens with zero attached hydrogens (tertiary/aromatic N) is 1. The first-order valence-corrected chi connectivity index (χ1v) is 11.8. The van der Waals surface area contributed by atoms with Crippen LogP contribution in [0, 0.1) is 17.8 Å². The van der Waals surface area contributed by atoms with E-state index in [1.165, 1.54) is 0 Å². The highest BCUT2D eigenvalue weighted by Crippen LogP contribution is 2.29. The molecule has 1 aliphatic rings. The van der Waals surface area contributed by atoms with Gasteiger partial charge in [-0.2, -0.15) is 4.41 Å². The van der Waals surface area contributed by atoms with Crippen LogP contribution in [0.4, 0.5) is 0 Å². The molecule has 0 unspecified atom stereocenters. The van der Waals surface area contributed by atoms with Crippen LogP contribution in [0.5, 0.6) is 0 Å². The second-order valence-electron chi connectivity index (χ2n) is 9.19. The van der Waals surface area contributed by atoms with Crippen molar-refractivity contribution in [3.8, 4) is 0 Å². The lowest BCUT2D eigenvalue weighted by atomic mass is 9.82. The van der Waals surface area contributed by atoms with Gasteiger partial charge < -0.3 is 4.74 Å². The normalized spacial score (nSPS) is 17.3. The first-order valence-electron chi connectivity index (χ1n) is 10.8. The lowest BCUT2D eigenvalue weighted by Crippen LogP contribution is -2.45. The SMILES string of the molecule is CC(C)C[C@@H](C(=O)NN1CCCS1)[C@H](CC=Cc1ccccc1)C(=O)OC(C)(C)C. The van der Waals surface area contributed by atoms with Crippen LogP contribution in [0.25, 0.3) is 6.08 Å². The standard InChI is InChI=1S/C24H36N2O3S/c1-18(2)17-21(22(27)25-26-15-10-16-30-26)20(23(28)29-24(3,4)5)14-9-13-19-11-7-6-8-12-19/h6-9,11-13,18,20-21H,10,14-17H2,1-5H3,(H,25,27)/t20-,21+/m0/s1. The Bertz CT molecular complexity index is 707. The van der Waals surface area contributed by atoms with Gasteiger partial charge in [0.15, 0.2) is 0 Å². The van der Waals surface area contributed by atoms with E-state index in [1.807, 2.05) is 67.7 Å². The summed E-state index contributed by atoms with van der Waals surface area (Å²) in [6.45, 7) is 10.6. The van der Waals surface area contributed by atoms with E-state index in [1.54, 1.807) is 11.9 Å². The van der Waals surface area contributed by atoms with E-state index in [9.17, 15) is 9.59 Å². The molecule has 0 radical (unpaired) electrons. The van der Waals surface area contributed by atoms with E-state index in [-0.39, 0.29) is 17.8 Å². The summed E-state index contributed by atoms with van der Waals surface area (Å²) in [6.07, 6.45) is 6.12. The molecule has 2 atom stereocenters. The molecule has 166 valence electrons. The maximum absolute atomic E-state index is 13.2. The Morgan fingerprint density at radius 2 is 1.90 bits per heavy atom. The predicted molar refractivity (Wildman–Crippen MR) is 124 cm³/mol. The molecule has 1 aliphatic heterocycles. The molecule has 0 aliphatic carbocycles. The number of benzene rings is 1. The van der Waals surface area contributed by atoms with E-state index < -0.39 is 17.4 Å². The number of ether oxygens (including phenoxy) is 1. The summed E-state index contributed by atoms with van der Waals surface area (Å²) in [6, 6.07) is 9.96. The first kappa shape index (κ1) is 24.5. The van der Waals surface area contributed by atoms with Crippen molar-refractivity contribution in [1.29, 1.82) is 0 Å². The quantitative estimate of drug-likeness (QED) is 0.435. The summed E-state index contributed by atoms with van der Waals surface area (Å²) in [4.78, 5) is 26.3. The molecule has 6 heteroatoms. The van der Waals surface area contributed by atoms with Gasteiger partial charge in [-0.3, -0.25) is 15.0 Å². The zero-order chi connectivity index (χ0) is 22.1. The topological polar surface area (TPSA) is 58.6 Å². The highest BCUT2D eigenvalue weighted by Gasteiger charge is 2.37. The fraction of sp³-hybridized carbons (Fsp3) is 0.583. The van der Waals surface area contributed by atoms with Gasteiger partial charge in [-0.05, 0) is 51.5 Å². The number of hydrogen-bond donors (Lipinski definition) is 1. The van der Waals surface area contributed by atoms with Gasteiger partial charge in [0, 0.05) is 12.3 Å². The summed E-state index contributed by atoms with van der Waals surface area (Å²) in [7, 11) is 0. The highest BCUT2D eigenvalue weighted by molar-refractivity contribution is 7.97. The number of carbonyl (C=O) groups is 2. The molecule has 0 spiro atoms. The fourth-order valence-electron chi connectivity index (χ4n) is 3.42. The number of hydrogen-bond acceptors (Lipinski definition) is 5. The molecule has 1 aromatic rings. The van der Waals surface area contributed by atoms with Crippen LogP contribution >= 0.6 is 11.9 Å². The van der Waals surface area contributed by atoms with Crippen LogP contribution in [0.2, 0.25) is 0 Å². The van der Waals surface area contributed by atoms with Crippen molar-refractivity contribution in [3.63, 3.8) is 0 Å². The van der Waals surface area contributed by atoms with Crippen LogP contribution in [0.3, 0.4) is 0 Å². The molecule has 1 amide bonds. The molecule has 0 saturated carbocycles.